The Kier molecular flexibility index (Phi) is 4.34. The predicted molar refractivity (Wildman–Crippen MR) is 107 cm³/mol. The number of benzene rings is 1. The molecule has 2 aromatic carbocycles. The summed E-state index contributed by atoms with van der Waals surface area (Å²) in [7, 11) is 1.78. The molecular weight excluding hydrogens is 342 g/mol. The number of hydrogen-bond donors (Lipinski definition) is 1. The Morgan fingerprint density at radius 1 is 0.926 bits per heavy atom. The van der Waals surface area contributed by atoms with Crippen LogP contribution >= 0.6 is 0 Å². The zero-order chi connectivity index (χ0) is 19.1. The average molecular weight is 365 g/mol. The van der Waals surface area contributed by atoms with E-state index in [1.54, 1.807) is 18.7 Å². The fourth-order valence-corrected chi connectivity index (χ4v) is 4.08. The maximum Gasteiger partial charge on any atom is 0.279 e. The summed E-state index contributed by atoms with van der Waals surface area (Å²) in [6.07, 6.45) is 5.41. The Bertz CT molecular complexity index is 1110. The molecule has 1 heterocycles. The van der Waals surface area contributed by atoms with Crippen molar-refractivity contribution in [3.05, 3.63) is 66.8 Å². The molecule has 1 aliphatic carbocycles. The summed E-state index contributed by atoms with van der Waals surface area (Å²) >= 11 is 0. The van der Waals surface area contributed by atoms with Crippen LogP contribution in [0.4, 0.5) is 5.69 Å². The molecule has 4 rings (SSSR count). The van der Waals surface area contributed by atoms with Gasteiger partial charge in [0.15, 0.2) is 0 Å². The molecule has 0 saturated heterocycles. The minimum atomic E-state index is -0.570. The first-order chi connectivity index (χ1) is 13.0. The highest BCUT2D eigenvalue weighted by molar-refractivity contribution is 5.83. The van der Waals surface area contributed by atoms with E-state index in [2.05, 4.69) is 5.32 Å². The fourth-order valence-electron chi connectivity index (χ4n) is 4.08. The molecule has 6 heteroatoms. The number of para-hydroxylation sites is 1. The van der Waals surface area contributed by atoms with Crippen LogP contribution in [0.2, 0.25) is 0 Å². The maximum atomic E-state index is 13.2. The summed E-state index contributed by atoms with van der Waals surface area (Å²) in [5.74, 6) is 0. The van der Waals surface area contributed by atoms with Crippen molar-refractivity contribution in [3.8, 4) is 16.8 Å². The molecule has 1 aromatic heterocycles. The Morgan fingerprint density at radius 2 is 1.59 bits per heavy atom. The maximum absolute atomic E-state index is 13.2. The molecule has 0 unspecified atom stereocenters. The molecule has 0 bridgehead atoms. The van der Waals surface area contributed by atoms with Gasteiger partial charge in [-0.1, -0.05) is 37.5 Å². The van der Waals surface area contributed by atoms with Crippen LogP contribution in [0.1, 0.15) is 37.8 Å². The van der Waals surface area contributed by atoms with Crippen LogP contribution < -0.4 is 21.7 Å². The monoisotopic (exact) mass is 365 g/mol. The lowest BCUT2D eigenvalue weighted by Crippen LogP contribution is -2.40. The lowest BCUT2D eigenvalue weighted by atomic mass is 9.93. The van der Waals surface area contributed by atoms with Crippen molar-refractivity contribution in [3.63, 3.8) is 0 Å². The lowest BCUT2D eigenvalue weighted by molar-refractivity contribution is 0.462. The number of aromatic nitrogens is 2. The SMILES string of the molecule is Cc1c(-c2c(NC3CCCCC3)c(=O)c2=O)c(=O)n(-c2ccccc2)n1C. The molecular formula is C21H23N3O3. The van der Waals surface area contributed by atoms with Gasteiger partial charge in [-0.15, -0.1) is 0 Å². The van der Waals surface area contributed by atoms with E-state index in [1.165, 1.54) is 11.1 Å². The fraction of sp³-hybridized carbons (Fsp3) is 0.381. The van der Waals surface area contributed by atoms with Gasteiger partial charge in [0.1, 0.15) is 0 Å². The Morgan fingerprint density at radius 3 is 2.26 bits per heavy atom. The molecule has 0 radical (unpaired) electrons. The number of nitrogens with zero attached hydrogens (tertiary/aromatic N) is 2. The van der Waals surface area contributed by atoms with Crippen LogP contribution in [0.15, 0.2) is 44.7 Å². The van der Waals surface area contributed by atoms with E-state index in [4.69, 9.17) is 0 Å². The second kappa shape index (κ2) is 6.68. The minimum Gasteiger partial charge on any atom is -0.378 e. The van der Waals surface area contributed by atoms with E-state index in [1.807, 2.05) is 30.3 Å². The second-order valence-electron chi connectivity index (χ2n) is 7.32. The van der Waals surface area contributed by atoms with Crippen LogP contribution in [-0.4, -0.2) is 15.4 Å². The highest BCUT2D eigenvalue weighted by atomic mass is 16.2. The van der Waals surface area contributed by atoms with Crippen LogP contribution in [0, 0.1) is 6.92 Å². The van der Waals surface area contributed by atoms with Gasteiger partial charge in [0.05, 0.1) is 22.5 Å². The minimum absolute atomic E-state index is 0.196. The van der Waals surface area contributed by atoms with Gasteiger partial charge in [-0.2, -0.15) is 0 Å². The standard InChI is InChI=1S/C21H23N3O3/c1-13-16(21(27)24(23(13)2)15-11-7-4-8-12-15)17-18(20(26)19(17)25)22-14-9-5-3-6-10-14/h4,7-8,11-12,14,22H,3,5-6,9-10H2,1-2H3. The summed E-state index contributed by atoms with van der Waals surface area (Å²) in [5, 5.41) is 3.26. The van der Waals surface area contributed by atoms with Gasteiger partial charge in [0.2, 0.25) is 10.9 Å². The Balaban J connectivity index is 1.82. The van der Waals surface area contributed by atoms with E-state index in [0.717, 1.165) is 31.4 Å². The molecule has 140 valence electrons. The normalized spacial score (nSPS) is 15.3. The molecule has 0 amide bonds. The summed E-state index contributed by atoms with van der Waals surface area (Å²) in [4.78, 5) is 37.7. The van der Waals surface area contributed by atoms with Crippen LogP contribution in [0.25, 0.3) is 16.8 Å². The van der Waals surface area contributed by atoms with Crippen molar-refractivity contribution in [2.24, 2.45) is 7.05 Å². The quantitative estimate of drug-likeness (QED) is 0.721. The largest absolute Gasteiger partial charge is 0.378 e. The van der Waals surface area contributed by atoms with Crippen LogP contribution in [0.5, 0.6) is 0 Å². The van der Waals surface area contributed by atoms with Crippen molar-refractivity contribution in [2.45, 2.75) is 45.1 Å². The first-order valence-corrected chi connectivity index (χ1v) is 9.45. The first kappa shape index (κ1) is 17.5. The third-order valence-electron chi connectivity index (χ3n) is 5.67. The van der Waals surface area contributed by atoms with E-state index in [-0.39, 0.29) is 17.2 Å². The summed E-state index contributed by atoms with van der Waals surface area (Å²) in [5.41, 5.74) is 0.923. The van der Waals surface area contributed by atoms with E-state index in [9.17, 15) is 14.4 Å². The van der Waals surface area contributed by atoms with Gasteiger partial charge in [0, 0.05) is 18.8 Å². The molecule has 0 spiro atoms. The predicted octanol–water partition coefficient (Wildman–Crippen LogP) is 2.49. The number of nitrogens with one attached hydrogen (secondary N) is 1. The van der Waals surface area contributed by atoms with Gasteiger partial charge < -0.3 is 5.32 Å². The first-order valence-electron chi connectivity index (χ1n) is 9.45. The molecule has 0 aliphatic heterocycles. The van der Waals surface area contributed by atoms with Gasteiger partial charge in [-0.3, -0.25) is 19.1 Å². The van der Waals surface area contributed by atoms with E-state index >= 15 is 0 Å². The molecule has 1 saturated carbocycles. The summed E-state index contributed by atoms with van der Waals surface area (Å²) in [6.45, 7) is 1.80. The summed E-state index contributed by atoms with van der Waals surface area (Å²) in [6, 6.07) is 9.48. The molecule has 6 nitrogen and oxygen atoms in total. The number of rotatable bonds is 4. The average Bonchev–Trinajstić information content (AvgIpc) is 2.92. The van der Waals surface area contributed by atoms with E-state index in [0.29, 0.717) is 16.9 Å². The van der Waals surface area contributed by atoms with Crippen molar-refractivity contribution in [1.82, 2.24) is 9.36 Å². The second-order valence-corrected chi connectivity index (χ2v) is 7.32. The van der Waals surface area contributed by atoms with Gasteiger partial charge in [-0.05, 0) is 31.9 Å². The van der Waals surface area contributed by atoms with Crippen LogP contribution in [0.3, 0.4) is 0 Å². The van der Waals surface area contributed by atoms with Gasteiger partial charge in [-0.25, -0.2) is 4.68 Å². The van der Waals surface area contributed by atoms with Crippen molar-refractivity contribution < 1.29 is 0 Å². The third kappa shape index (κ3) is 2.76. The van der Waals surface area contributed by atoms with Gasteiger partial charge in [0.25, 0.3) is 5.56 Å². The van der Waals surface area contributed by atoms with E-state index < -0.39 is 10.9 Å². The zero-order valence-electron chi connectivity index (χ0n) is 15.6. The smallest absolute Gasteiger partial charge is 0.279 e. The Hall–Kier alpha value is -2.89. The molecule has 1 N–H and O–H groups in total. The van der Waals surface area contributed by atoms with Crippen LogP contribution in [-0.2, 0) is 7.05 Å². The zero-order valence-corrected chi connectivity index (χ0v) is 15.6. The van der Waals surface area contributed by atoms with Crippen molar-refractivity contribution in [2.75, 3.05) is 5.32 Å². The third-order valence-corrected chi connectivity index (χ3v) is 5.67. The number of hydrogen-bond acceptors (Lipinski definition) is 4. The topological polar surface area (TPSA) is 73.1 Å². The van der Waals surface area contributed by atoms with Crippen molar-refractivity contribution >= 4 is 5.69 Å². The molecule has 27 heavy (non-hydrogen) atoms. The number of anilines is 1. The Labute approximate surface area is 156 Å². The molecule has 1 aliphatic rings. The van der Waals surface area contributed by atoms with Crippen molar-refractivity contribution in [1.29, 1.82) is 0 Å². The highest BCUT2D eigenvalue weighted by Gasteiger charge is 2.30. The lowest BCUT2D eigenvalue weighted by Gasteiger charge is -2.25. The molecule has 0 atom stereocenters. The van der Waals surface area contributed by atoms with Gasteiger partial charge >= 0.3 is 0 Å². The summed E-state index contributed by atoms with van der Waals surface area (Å²) < 4.78 is 3.26. The highest BCUT2D eigenvalue weighted by Crippen LogP contribution is 2.28. The molecule has 3 aromatic rings. The molecule has 1 fully saturated rings.